The molecule has 0 spiro atoms. The van der Waals surface area contributed by atoms with Crippen molar-refractivity contribution in [3.63, 3.8) is 0 Å². The average Bonchev–Trinajstić information content (AvgIpc) is 3.24. The van der Waals surface area contributed by atoms with Crippen LogP contribution >= 0.6 is 0 Å². The summed E-state index contributed by atoms with van der Waals surface area (Å²) in [6.07, 6.45) is 0.843. The SMILES string of the molecule is C/C(=N/Nc1nc2ccccc2c(=O)n1CCCOC(C)C)c1ccc2c(c1)OCO2. The van der Waals surface area contributed by atoms with Gasteiger partial charge >= 0.3 is 0 Å². The molecule has 0 atom stereocenters. The number of hydrogen-bond donors (Lipinski definition) is 1. The van der Waals surface area contributed by atoms with Crippen molar-refractivity contribution < 1.29 is 14.2 Å². The van der Waals surface area contributed by atoms with Crippen LogP contribution in [-0.4, -0.2) is 34.8 Å². The summed E-state index contributed by atoms with van der Waals surface area (Å²) in [6.45, 7) is 7.13. The number of nitrogens with one attached hydrogen (secondary N) is 1. The fraction of sp³-hybridized carbons (Fsp3) is 0.348. The third-order valence-electron chi connectivity index (χ3n) is 4.95. The van der Waals surface area contributed by atoms with Crippen LogP contribution < -0.4 is 20.5 Å². The van der Waals surface area contributed by atoms with Crippen LogP contribution in [-0.2, 0) is 11.3 Å². The molecular weight excluding hydrogens is 396 g/mol. The van der Waals surface area contributed by atoms with Crippen molar-refractivity contribution >= 4 is 22.6 Å². The molecule has 0 saturated heterocycles. The van der Waals surface area contributed by atoms with E-state index in [1.807, 2.05) is 57.2 Å². The molecule has 8 nitrogen and oxygen atoms in total. The van der Waals surface area contributed by atoms with Crippen molar-refractivity contribution in [3.05, 3.63) is 58.4 Å². The molecule has 3 aromatic rings. The Morgan fingerprint density at radius 2 is 2.03 bits per heavy atom. The molecule has 1 aromatic heterocycles. The third kappa shape index (κ3) is 4.69. The number of hydrogen-bond acceptors (Lipinski definition) is 7. The second kappa shape index (κ2) is 9.18. The summed E-state index contributed by atoms with van der Waals surface area (Å²) in [5.74, 6) is 1.81. The van der Waals surface area contributed by atoms with E-state index < -0.39 is 0 Å². The molecule has 0 fully saturated rings. The van der Waals surface area contributed by atoms with Gasteiger partial charge in [0, 0.05) is 18.7 Å². The quantitative estimate of drug-likeness (QED) is 0.338. The van der Waals surface area contributed by atoms with Crippen LogP contribution in [0.15, 0.2) is 52.4 Å². The van der Waals surface area contributed by atoms with Gasteiger partial charge in [0.25, 0.3) is 5.56 Å². The molecule has 0 radical (unpaired) electrons. The number of ether oxygens (including phenoxy) is 3. The van der Waals surface area contributed by atoms with Crippen LogP contribution in [0.5, 0.6) is 11.5 Å². The molecule has 0 amide bonds. The van der Waals surface area contributed by atoms with E-state index in [0.29, 0.717) is 42.2 Å². The molecule has 4 rings (SSSR count). The maximum absolute atomic E-state index is 13.1. The highest BCUT2D eigenvalue weighted by atomic mass is 16.7. The Hall–Kier alpha value is -3.39. The molecular formula is C23H26N4O4. The Balaban J connectivity index is 1.61. The zero-order valence-electron chi connectivity index (χ0n) is 17.9. The Labute approximate surface area is 180 Å². The van der Waals surface area contributed by atoms with Gasteiger partial charge in [-0.1, -0.05) is 12.1 Å². The van der Waals surface area contributed by atoms with Crippen molar-refractivity contribution in [2.45, 2.75) is 39.8 Å². The summed E-state index contributed by atoms with van der Waals surface area (Å²) in [5, 5.41) is 5.05. The van der Waals surface area contributed by atoms with Gasteiger partial charge in [-0.25, -0.2) is 10.4 Å². The highest BCUT2D eigenvalue weighted by Gasteiger charge is 2.15. The third-order valence-corrected chi connectivity index (χ3v) is 4.95. The summed E-state index contributed by atoms with van der Waals surface area (Å²) in [6, 6.07) is 13.0. The number of nitrogens with zero attached hydrogens (tertiary/aromatic N) is 3. The molecule has 31 heavy (non-hydrogen) atoms. The summed E-state index contributed by atoms with van der Waals surface area (Å²) in [5.41, 5.74) is 5.13. The second-order valence-corrected chi connectivity index (χ2v) is 7.56. The minimum Gasteiger partial charge on any atom is -0.454 e. The maximum Gasteiger partial charge on any atom is 0.262 e. The van der Waals surface area contributed by atoms with Gasteiger partial charge in [0.1, 0.15) is 0 Å². The van der Waals surface area contributed by atoms with Crippen molar-refractivity contribution in [3.8, 4) is 11.5 Å². The zero-order chi connectivity index (χ0) is 21.8. The van der Waals surface area contributed by atoms with Crippen molar-refractivity contribution in [2.75, 3.05) is 18.8 Å². The number of anilines is 1. The monoisotopic (exact) mass is 422 g/mol. The fourth-order valence-electron chi connectivity index (χ4n) is 3.32. The molecule has 0 unspecified atom stereocenters. The van der Waals surface area contributed by atoms with Crippen LogP contribution in [0.25, 0.3) is 10.9 Å². The molecule has 2 aromatic carbocycles. The van der Waals surface area contributed by atoms with E-state index in [4.69, 9.17) is 14.2 Å². The number of rotatable bonds is 8. The zero-order valence-corrected chi connectivity index (χ0v) is 17.9. The number of hydrazone groups is 1. The molecule has 2 heterocycles. The van der Waals surface area contributed by atoms with Crippen molar-refractivity contribution in [2.24, 2.45) is 5.10 Å². The highest BCUT2D eigenvalue weighted by molar-refractivity contribution is 5.99. The van der Waals surface area contributed by atoms with Gasteiger partial charge < -0.3 is 14.2 Å². The largest absolute Gasteiger partial charge is 0.454 e. The first-order valence-corrected chi connectivity index (χ1v) is 10.3. The average molecular weight is 422 g/mol. The Morgan fingerprint density at radius 1 is 1.23 bits per heavy atom. The number of benzene rings is 2. The smallest absolute Gasteiger partial charge is 0.262 e. The first-order chi connectivity index (χ1) is 15.0. The van der Waals surface area contributed by atoms with Gasteiger partial charge in [0.05, 0.1) is 22.7 Å². The van der Waals surface area contributed by atoms with Gasteiger partial charge in [-0.05, 0) is 57.5 Å². The molecule has 0 bridgehead atoms. The molecule has 1 aliphatic heterocycles. The minimum absolute atomic E-state index is 0.103. The second-order valence-electron chi connectivity index (χ2n) is 7.56. The van der Waals surface area contributed by atoms with Gasteiger partial charge in [0.2, 0.25) is 12.7 Å². The lowest BCUT2D eigenvalue weighted by atomic mass is 10.1. The normalized spacial score (nSPS) is 13.2. The van der Waals surface area contributed by atoms with E-state index >= 15 is 0 Å². The summed E-state index contributed by atoms with van der Waals surface area (Å²) >= 11 is 0. The van der Waals surface area contributed by atoms with E-state index in [1.165, 1.54) is 0 Å². The Bertz CT molecular complexity index is 1170. The molecule has 8 heteroatoms. The van der Waals surface area contributed by atoms with Crippen LogP contribution in [0.1, 0.15) is 32.8 Å². The number of para-hydroxylation sites is 1. The van der Waals surface area contributed by atoms with Crippen LogP contribution in [0.2, 0.25) is 0 Å². The van der Waals surface area contributed by atoms with Crippen LogP contribution in [0, 0.1) is 0 Å². The predicted octanol–water partition coefficient (Wildman–Crippen LogP) is 3.78. The van der Waals surface area contributed by atoms with Crippen molar-refractivity contribution in [1.29, 1.82) is 0 Å². The van der Waals surface area contributed by atoms with Crippen molar-refractivity contribution in [1.82, 2.24) is 9.55 Å². The first-order valence-electron chi connectivity index (χ1n) is 10.3. The summed E-state index contributed by atoms with van der Waals surface area (Å²) in [7, 11) is 0. The van der Waals surface area contributed by atoms with E-state index in [1.54, 1.807) is 10.6 Å². The van der Waals surface area contributed by atoms with E-state index in [0.717, 1.165) is 17.0 Å². The molecule has 0 saturated carbocycles. The lowest BCUT2D eigenvalue weighted by molar-refractivity contribution is 0.0748. The topological polar surface area (TPSA) is 87.0 Å². The van der Waals surface area contributed by atoms with E-state index in [9.17, 15) is 4.79 Å². The van der Waals surface area contributed by atoms with Gasteiger partial charge in [-0.15, -0.1) is 0 Å². The highest BCUT2D eigenvalue weighted by Crippen LogP contribution is 2.32. The van der Waals surface area contributed by atoms with E-state index in [2.05, 4.69) is 15.5 Å². The van der Waals surface area contributed by atoms with Gasteiger partial charge in [-0.2, -0.15) is 5.10 Å². The predicted molar refractivity (Wildman–Crippen MR) is 120 cm³/mol. The minimum atomic E-state index is -0.103. The van der Waals surface area contributed by atoms with Gasteiger partial charge in [0.15, 0.2) is 11.5 Å². The number of aromatic nitrogens is 2. The lowest BCUT2D eigenvalue weighted by Gasteiger charge is -2.14. The fourth-order valence-corrected chi connectivity index (χ4v) is 3.32. The number of fused-ring (bicyclic) bond motifs is 2. The van der Waals surface area contributed by atoms with E-state index in [-0.39, 0.29) is 18.5 Å². The maximum atomic E-state index is 13.1. The first kappa shape index (κ1) is 20.9. The Morgan fingerprint density at radius 3 is 2.87 bits per heavy atom. The van der Waals surface area contributed by atoms with Crippen LogP contribution in [0.3, 0.4) is 0 Å². The molecule has 1 N–H and O–H groups in total. The van der Waals surface area contributed by atoms with Crippen LogP contribution in [0.4, 0.5) is 5.95 Å². The summed E-state index contributed by atoms with van der Waals surface area (Å²) in [4.78, 5) is 17.7. The lowest BCUT2D eigenvalue weighted by Crippen LogP contribution is -2.25. The molecule has 0 aliphatic carbocycles. The molecule has 162 valence electrons. The van der Waals surface area contributed by atoms with Gasteiger partial charge in [-0.3, -0.25) is 9.36 Å². The molecule has 1 aliphatic rings. The Kier molecular flexibility index (Phi) is 6.18. The summed E-state index contributed by atoms with van der Waals surface area (Å²) < 4.78 is 18.0. The standard InChI is InChI=1S/C23H26N4O4/c1-15(2)29-12-6-11-27-22(28)18-7-4-5-8-19(18)24-23(27)26-25-16(3)17-9-10-20-21(13-17)31-14-30-20/h4-5,7-10,13,15H,6,11-12,14H2,1-3H3,(H,24,26)/b25-16-.